The summed E-state index contributed by atoms with van der Waals surface area (Å²) in [5, 5.41) is 6.99. The predicted octanol–water partition coefficient (Wildman–Crippen LogP) is 3.52. The van der Waals surface area contributed by atoms with Crippen molar-refractivity contribution in [2.45, 2.75) is 26.8 Å². The molecule has 2 aromatic rings. The lowest BCUT2D eigenvalue weighted by atomic mass is 10.1. The highest BCUT2D eigenvalue weighted by Gasteiger charge is 2.11. The SMILES string of the molecule is COC[C@H](C)Nc1nc(-c2ccc(NC(C)=O)cc2)c(C)s1. The highest BCUT2D eigenvalue weighted by molar-refractivity contribution is 7.16. The minimum Gasteiger partial charge on any atom is -0.383 e. The minimum atomic E-state index is -0.0730. The molecule has 0 aliphatic rings. The average molecular weight is 319 g/mol. The number of ether oxygens (including phenoxy) is 1. The van der Waals surface area contributed by atoms with Gasteiger partial charge in [-0.1, -0.05) is 12.1 Å². The Morgan fingerprint density at radius 2 is 2.05 bits per heavy atom. The summed E-state index contributed by atoms with van der Waals surface area (Å²) in [6, 6.07) is 7.92. The molecule has 0 saturated carbocycles. The highest BCUT2D eigenvalue weighted by atomic mass is 32.1. The molecule has 2 N–H and O–H groups in total. The molecule has 0 unspecified atom stereocenters. The summed E-state index contributed by atoms with van der Waals surface area (Å²) in [5.41, 5.74) is 2.79. The number of rotatable bonds is 6. The number of thiazole rings is 1. The van der Waals surface area contributed by atoms with Crippen molar-refractivity contribution in [3.05, 3.63) is 29.1 Å². The molecule has 0 fully saturated rings. The third-order valence-electron chi connectivity index (χ3n) is 3.06. The molecular formula is C16H21N3O2S. The van der Waals surface area contributed by atoms with Crippen LogP contribution >= 0.6 is 11.3 Å². The van der Waals surface area contributed by atoms with Crippen LogP contribution < -0.4 is 10.6 Å². The Morgan fingerprint density at radius 3 is 2.64 bits per heavy atom. The van der Waals surface area contributed by atoms with Gasteiger partial charge in [0.25, 0.3) is 0 Å². The molecule has 0 saturated heterocycles. The fourth-order valence-corrected chi connectivity index (χ4v) is 3.09. The molecule has 1 atom stereocenters. The zero-order valence-electron chi connectivity index (χ0n) is 13.3. The zero-order valence-corrected chi connectivity index (χ0v) is 14.1. The van der Waals surface area contributed by atoms with E-state index in [1.165, 1.54) is 6.92 Å². The molecular weight excluding hydrogens is 298 g/mol. The summed E-state index contributed by atoms with van der Waals surface area (Å²) in [4.78, 5) is 16.9. The van der Waals surface area contributed by atoms with Crippen LogP contribution in [-0.2, 0) is 9.53 Å². The molecule has 22 heavy (non-hydrogen) atoms. The van der Waals surface area contributed by atoms with Crippen LogP contribution in [0.3, 0.4) is 0 Å². The maximum absolute atomic E-state index is 11.0. The molecule has 1 amide bonds. The summed E-state index contributed by atoms with van der Waals surface area (Å²) in [5.74, 6) is -0.0730. The van der Waals surface area contributed by atoms with E-state index in [1.54, 1.807) is 18.4 Å². The van der Waals surface area contributed by atoms with Crippen LogP contribution in [0.5, 0.6) is 0 Å². The lowest BCUT2D eigenvalue weighted by Crippen LogP contribution is -2.20. The Labute approximate surface area is 134 Å². The molecule has 0 radical (unpaired) electrons. The number of methoxy groups -OCH3 is 1. The van der Waals surface area contributed by atoms with Gasteiger partial charge in [-0.05, 0) is 26.0 Å². The third kappa shape index (κ3) is 4.29. The van der Waals surface area contributed by atoms with Gasteiger partial charge in [0.2, 0.25) is 5.91 Å². The average Bonchev–Trinajstić information content (AvgIpc) is 2.80. The number of carbonyl (C=O) groups is 1. The molecule has 118 valence electrons. The second-order valence-corrected chi connectivity index (χ2v) is 6.39. The van der Waals surface area contributed by atoms with Crippen molar-refractivity contribution in [3.63, 3.8) is 0 Å². The molecule has 0 aliphatic carbocycles. The van der Waals surface area contributed by atoms with Crippen molar-refractivity contribution in [3.8, 4) is 11.3 Å². The lowest BCUT2D eigenvalue weighted by Gasteiger charge is -2.10. The van der Waals surface area contributed by atoms with Crippen molar-refractivity contribution in [1.29, 1.82) is 0 Å². The lowest BCUT2D eigenvalue weighted by molar-refractivity contribution is -0.114. The number of nitrogens with zero attached hydrogens (tertiary/aromatic N) is 1. The van der Waals surface area contributed by atoms with E-state index in [-0.39, 0.29) is 11.9 Å². The van der Waals surface area contributed by atoms with E-state index in [1.807, 2.05) is 24.3 Å². The first kappa shape index (κ1) is 16.5. The van der Waals surface area contributed by atoms with Crippen LogP contribution in [0.15, 0.2) is 24.3 Å². The number of anilines is 2. The summed E-state index contributed by atoms with van der Waals surface area (Å²) < 4.78 is 5.12. The van der Waals surface area contributed by atoms with Gasteiger partial charge in [-0.15, -0.1) is 11.3 Å². The van der Waals surface area contributed by atoms with Gasteiger partial charge in [-0.3, -0.25) is 4.79 Å². The van der Waals surface area contributed by atoms with E-state index in [4.69, 9.17) is 4.74 Å². The van der Waals surface area contributed by atoms with Crippen LogP contribution in [0.1, 0.15) is 18.7 Å². The Bertz CT molecular complexity index is 637. The maximum Gasteiger partial charge on any atom is 0.221 e. The summed E-state index contributed by atoms with van der Waals surface area (Å²) in [6.07, 6.45) is 0. The molecule has 2 rings (SSSR count). The van der Waals surface area contributed by atoms with Gasteiger partial charge in [0.15, 0.2) is 5.13 Å². The second kappa shape index (κ2) is 7.38. The number of hydrogen-bond donors (Lipinski definition) is 2. The van der Waals surface area contributed by atoms with Gasteiger partial charge in [-0.25, -0.2) is 4.98 Å². The van der Waals surface area contributed by atoms with Gasteiger partial charge < -0.3 is 15.4 Å². The number of nitrogens with one attached hydrogen (secondary N) is 2. The quantitative estimate of drug-likeness (QED) is 0.855. The molecule has 1 aromatic carbocycles. The number of aryl methyl sites for hydroxylation is 1. The molecule has 5 nitrogen and oxygen atoms in total. The first-order chi connectivity index (χ1) is 10.5. The molecule has 1 heterocycles. The van der Waals surface area contributed by atoms with Crippen molar-refractivity contribution < 1.29 is 9.53 Å². The highest BCUT2D eigenvalue weighted by Crippen LogP contribution is 2.31. The van der Waals surface area contributed by atoms with Crippen LogP contribution in [0.2, 0.25) is 0 Å². The van der Waals surface area contributed by atoms with Crippen molar-refractivity contribution in [2.24, 2.45) is 0 Å². The number of amides is 1. The van der Waals surface area contributed by atoms with Crippen LogP contribution in [0, 0.1) is 6.92 Å². The largest absolute Gasteiger partial charge is 0.383 e. The van der Waals surface area contributed by atoms with E-state index in [0.717, 1.165) is 27.0 Å². The first-order valence-electron chi connectivity index (χ1n) is 7.10. The van der Waals surface area contributed by atoms with E-state index < -0.39 is 0 Å². The van der Waals surface area contributed by atoms with Gasteiger partial charge in [0.1, 0.15) is 0 Å². The smallest absolute Gasteiger partial charge is 0.221 e. The van der Waals surface area contributed by atoms with Crippen LogP contribution in [-0.4, -0.2) is 30.6 Å². The molecule has 0 bridgehead atoms. The van der Waals surface area contributed by atoms with Crippen molar-refractivity contribution in [1.82, 2.24) is 4.98 Å². The monoisotopic (exact) mass is 319 g/mol. The molecule has 0 spiro atoms. The Balaban J connectivity index is 2.15. The fraction of sp³-hybridized carbons (Fsp3) is 0.375. The second-order valence-electron chi connectivity index (χ2n) is 5.18. The summed E-state index contributed by atoms with van der Waals surface area (Å²) >= 11 is 1.63. The van der Waals surface area contributed by atoms with Gasteiger partial charge >= 0.3 is 0 Å². The van der Waals surface area contributed by atoms with E-state index >= 15 is 0 Å². The number of carbonyl (C=O) groups excluding carboxylic acids is 1. The topological polar surface area (TPSA) is 63.2 Å². The van der Waals surface area contributed by atoms with Gasteiger partial charge in [-0.2, -0.15) is 0 Å². The number of aromatic nitrogens is 1. The zero-order chi connectivity index (χ0) is 16.1. The van der Waals surface area contributed by atoms with Crippen molar-refractivity contribution in [2.75, 3.05) is 24.4 Å². The number of hydrogen-bond acceptors (Lipinski definition) is 5. The fourth-order valence-electron chi connectivity index (χ4n) is 2.14. The van der Waals surface area contributed by atoms with Crippen molar-refractivity contribution >= 4 is 28.1 Å². The van der Waals surface area contributed by atoms with E-state index in [2.05, 4.69) is 29.5 Å². The van der Waals surface area contributed by atoms with E-state index in [0.29, 0.717) is 6.61 Å². The maximum atomic E-state index is 11.0. The summed E-state index contributed by atoms with van der Waals surface area (Å²) in [6.45, 7) is 6.25. The standard InChI is InChI=1S/C16H21N3O2S/c1-10(9-21-4)17-16-19-15(11(2)22-16)13-5-7-14(8-6-13)18-12(3)20/h5-8,10H,9H2,1-4H3,(H,17,19)(H,18,20)/t10-/m0/s1. The molecule has 6 heteroatoms. The minimum absolute atomic E-state index is 0.0730. The summed E-state index contributed by atoms with van der Waals surface area (Å²) in [7, 11) is 1.69. The normalized spacial score (nSPS) is 12.0. The Kier molecular flexibility index (Phi) is 5.51. The van der Waals surface area contributed by atoms with Gasteiger partial charge in [0, 0.05) is 36.2 Å². The number of benzene rings is 1. The van der Waals surface area contributed by atoms with E-state index in [9.17, 15) is 4.79 Å². The van der Waals surface area contributed by atoms with Gasteiger partial charge in [0.05, 0.1) is 12.3 Å². The molecule has 0 aliphatic heterocycles. The van der Waals surface area contributed by atoms with Crippen LogP contribution in [0.4, 0.5) is 10.8 Å². The predicted molar refractivity (Wildman–Crippen MR) is 91.6 cm³/mol. The third-order valence-corrected chi connectivity index (χ3v) is 3.96. The van der Waals surface area contributed by atoms with Crippen LogP contribution in [0.25, 0.3) is 11.3 Å². The first-order valence-corrected chi connectivity index (χ1v) is 7.92. The Morgan fingerprint density at radius 1 is 1.36 bits per heavy atom. The molecule has 1 aromatic heterocycles. The Hall–Kier alpha value is -1.92.